The van der Waals surface area contributed by atoms with E-state index in [0.29, 0.717) is 11.3 Å². The van der Waals surface area contributed by atoms with Crippen LogP contribution in [0.3, 0.4) is 0 Å². The first-order valence-electron chi connectivity index (χ1n) is 5.62. The molecule has 0 spiro atoms. The molecule has 1 amide bonds. The molecule has 0 aliphatic rings. The van der Waals surface area contributed by atoms with Gasteiger partial charge >= 0.3 is 0 Å². The molecule has 0 fully saturated rings. The molecule has 1 N–H and O–H groups in total. The SMILES string of the molecule is Cc1nc(CC(=O)N/N=C\c2ccccc2F)cs1. The van der Waals surface area contributed by atoms with Gasteiger partial charge in [0.1, 0.15) is 5.82 Å². The highest BCUT2D eigenvalue weighted by molar-refractivity contribution is 7.09. The summed E-state index contributed by atoms with van der Waals surface area (Å²) in [5, 5.41) is 6.46. The Morgan fingerprint density at radius 2 is 2.32 bits per heavy atom. The molecule has 0 aliphatic carbocycles. The van der Waals surface area contributed by atoms with Crippen LogP contribution in [0.1, 0.15) is 16.3 Å². The van der Waals surface area contributed by atoms with E-state index in [1.54, 1.807) is 18.2 Å². The van der Waals surface area contributed by atoms with E-state index < -0.39 is 0 Å². The number of amides is 1. The summed E-state index contributed by atoms with van der Waals surface area (Å²) in [7, 11) is 0. The van der Waals surface area contributed by atoms with Crippen LogP contribution in [0.4, 0.5) is 4.39 Å². The molecule has 0 atom stereocenters. The number of hydrazone groups is 1. The lowest BCUT2D eigenvalue weighted by atomic mass is 10.2. The standard InChI is InChI=1S/C13H12FN3OS/c1-9-16-11(8-19-9)6-13(18)17-15-7-10-4-2-3-5-12(10)14/h2-5,7-8H,6H2,1H3,(H,17,18)/b15-7-. The first kappa shape index (κ1) is 13.4. The topological polar surface area (TPSA) is 54.4 Å². The van der Waals surface area contributed by atoms with Crippen LogP contribution in [-0.2, 0) is 11.2 Å². The van der Waals surface area contributed by atoms with Crippen molar-refractivity contribution in [3.05, 3.63) is 51.7 Å². The summed E-state index contributed by atoms with van der Waals surface area (Å²) in [4.78, 5) is 15.7. The van der Waals surface area contributed by atoms with E-state index in [1.807, 2.05) is 12.3 Å². The molecular weight excluding hydrogens is 265 g/mol. The molecule has 0 radical (unpaired) electrons. The van der Waals surface area contributed by atoms with E-state index in [2.05, 4.69) is 15.5 Å². The van der Waals surface area contributed by atoms with Crippen LogP contribution in [0.5, 0.6) is 0 Å². The second kappa shape index (κ2) is 6.19. The quantitative estimate of drug-likeness (QED) is 0.688. The summed E-state index contributed by atoms with van der Waals surface area (Å²) >= 11 is 1.49. The number of thiazole rings is 1. The fourth-order valence-corrected chi connectivity index (χ4v) is 2.06. The largest absolute Gasteiger partial charge is 0.273 e. The van der Waals surface area contributed by atoms with Crippen molar-refractivity contribution in [2.75, 3.05) is 0 Å². The van der Waals surface area contributed by atoms with Gasteiger partial charge in [0.2, 0.25) is 5.91 Å². The van der Waals surface area contributed by atoms with Gasteiger partial charge in [-0.15, -0.1) is 11.3 Å². The number of nitrogens with zero attached hydrogens (tertiary/aromatic N) is 2. The maximum Gasteiger partial charge on any atom is 0.246 e. The van der Waals surface area contributed by atoms with Crippen LogP contribution >= 0.6 is 11.3 Å². The third-order valence-corrected chi connectivity index (χ3v) is 3.13. The van der Waals surface area contributed by atoms with Gasteiger partial charge in [0.05, 0.1) is 23.3 Å². The Hall–Kier alpha value is -2.08. The average molecular weight is 277 g/mol. The van der Waals surface area contributed by atoms with E-state index in [9.17, 15) is 9.18 Å². The first-order chi connectivity index (χ1) is 9.15. The predicted octanol–water partition coefficient (Wildman–Crippen LogP) is 2.28. The molecule has 6 heteroatoms. The van der Waals surface area contributed by atoms with Crippen LogP contribution in [0.25, 0.3) is 0 Å². The Balaban J connectivity index is 1.88. The molecule has 0 bridgehead atoms. The zero-order valence-corrected chi connectivity index (χ0v) is 11.1. The van der Waals surface area contributed by atoms with Gasteiger partial charge in [-0.05, 0) is 13.0 Å². The van der Waals surface area contributed by atoms with Crippen molar-refractivity contribution >= 4 is 23.5 Å². The number of nitrogens with one attached hydrogen (secondary N) is 1. The molecule has 0 aliphatic heterocycles. The van der Waals surface area contributed by atoms with Gasteiger partial charge in [-0.25, -0.2) is 14.8 Å². The maximum atomic E-state index is 13.3. The zero-order chi connectivity index (χ0) is 13.7. The Kier molecular flexibility index (Phi) is 4.35. The zero-order valence-electron chi connectivity index (χ0n) is 10.3. The van der Waals surface area contributed by atoms with E-state index in [4.69, 9.17) is 0 Å². The number of hydrogen-bond donors (Lipinski definition) is 1. The molecule has 1 heterocycles. The highest BCUT2D eigenvalue weighted by atomic mass is 32.1. The van der Waals surface area contributed by atoms with Crippen molar-refractivity contribution in [1.82, 2.24) is 10.4 Å². The summed E-state index contributed by atoms with van der Waals surface area (Å²) < 4.78 is 13.3. The van der Waals surface area contributed by atoms with Gasteiger partial charge in [0, 0.05) is 10.9 Å². The van der Waals surface area contributed by atoms with Gasteiger partial charge < -0.3 is 0 Å². The molecule has 98 valence electrons. The van der Waals surface area contributed by atoms with Gasteiger partial charge in [-0.3, -0.25) is 4.79 Å². The molecule has 1 aromatic heterocycles. The Morgan fingerprint density at radius 3 is 3.00 bits per heavy atom. The predicted molar refractivity (Wildman–Crippen MR) is 72.7 cm³/mol. The van der Waals surface area contributed by atoms with Crippen molar-refractivity contribution < 1.29 is 9.18 Å². The number of rotatable bonds is 4. The lowest BCUT2D eigenvalue weighted by molar-refractivity contribution is -0.120. The third kappa shape index (κ3) is 3.96. The highest BCUT2D eigenvalue weighted by Gasteiger charge is 2.05. The molecule has 4 nitrogen and oxygen atoms in total. The minimum Gasteiger partial charge on any atom is -0.273 e. The van der Waals surface area contributed by atoms with Gasteiger partial charge in [-0.1, -0.05) is 18.2 Å². The van der Waals surface area contributed by atoms with Crippen molar-refractivity contribution in [3.8, 4) is 0 Å². The number of carbonyl (C=O) groups is 1. The van der Waals surface area contributed by atoms with E-state index in [-0.39, 0.29) is 18.1 Å². The van der Waals surface area contributed by atoms with Gasteiger partial charge in [-0.2, -0.15) is 5.10 Å². The molecule has 1 aromatic carbocycles. The molecule has 0 saturated heterocycles. The van der Waals surface area contributed by atoms with Crippen molar-refractivity contribution in [3.63, 3.8) is 0 Å². The summed E-state index contributed by atoms with van der Waals surface area (Å²) in [6, 6.07) is 6.20. The van der Waals surface area contributed by atoms with Crippen LogP contribution in [0.2, 0.25) is 0 Å². The number of aromatic nitrogens is 1. The molecular formula is C13H12FN3OS. The third-order valence-electron chi connectivity index (χ3n) is 2.31. The van der Waals surface area contributed by atoms with E-state index in [0.717, 1.165) is 5.01 Å². The first-order valence-corrected chi connectivity index (χ1v) is 6.50. The minimum atomic E-state index is -0.379. The summed E-state index contributed by atoms with van der Waals surface area (Å²) in [5.74, 6) is -0.659. The number of benzene rings is 1. The Labute approximate surface area is 114 Å². The number of hydrogen-bond acceptors (Lipinski definition) is 4. The van der Waals surface area contributed by atoms with E-state index in [1.165, 1.54) is 23.6 Å². The maximum absolute atomic E-state index is 13.3. The Morgan fingerprint density at radius 1 is 1.53 bits per heavy atom. The van der Waals surface area contributed by atoms with E-state index >= 15 is 0 Å². The normalized spacial score (nSPS) is 10.8. The number of halogens is 1. The summed E-state index contributed by atoms with van der Waals surface area (Å²) in [5.41, 5.74) is 3.38. The molecule has 2 rings (SSSR count). The number of carbonyl (C=O) groups excluding carboxylic acids is 1. The summed E-state index contributed by atoms with van der Waals surface area (Å²) in [6.45, 7) is 1.88. The smallest absolute Gasteiger partial charge is 0.246 e. The van der Waals surface area contributed by atoms with Crippen LogP contribution in [-0.4, -0.2) is 17.1 Å². The molecule has 2 aromatic rings. The Bertz CT molecular complexity index is 609. The van der Waals surface area contributed by atoms with Crippen molar-refractivity contribution in [1.29, 1.82) is 0 Å². The fraction of sp³-hybridized carbons (Fsp3) is 0.154. The molecule has 0 unspecified atom stereocenters. The summed E-state index contributed by atoms with van der Waals surface area (Å²) in [6.07, 6.45) is 1.44. The van der Waals surface area contributed by atoms with Crippen LogP contribution < -0.4 is 5.43 Å². The van der Waals surface area contributed by atoms with Gasteiger partial charge in [0.15, 0.2) is 0 Å². The lowest BCUT2D eigenvalue weighted by Gasteiger charge is -1.97. The molecule has 0 saturated carbocycles. The fourth-order valence-electron chi connectivity index (χ4n) is 1.45. The monoisotopic (exact) mass is 277 g/mol. The number of aryl methyl sites for hydroxylation is 1. The lowest BCUT2D eigenvalue weighted by Crippen LogP contribution is -2.20. The second-order valence-corrected chi connectivity index (χ2v) is 4.91. The molecule has 19 heavy (non-hydrogen) atoms. The van der Waals surface area contributed by atoms with Crippen molar-refractivity contribution in [2.24, 2.45) is 5.10 Å². The van der Waals surface area contributed by atoms with Crippen LogP contribution in [0.15, 0.2) is 34.7 Å². The highest BCUT2D eigenvalue weighted by Crippen LogP contribution is 2.08. The minimum absolute atomic E-state index is 0.166. The average Bonchev–Trinajstić information content (AvgIpc) is 2.77. The second-order valence-electron chi connectivity index (χ2n) is 3.85. The van der Waals surface area contributed by atoms with Crippen molar-refractivity contribution in [2.45, 2.75) is 13.3 Å². The van der Waals surface area contributed by atoms with Gasteiger partial charge in [0.25, 0.3) is 0 Å². The van der Waals surface area contributed by atoms with Crippen LogP contribution in [0, 0.1) is 12.7 Å².